The maximum atomic E-state index is 12.4. The normalized spacial score (nSPS) is 13.7. The van der Waals surface area contributed by atoms with Gasteiger partial charge in [0.05, 0.1) is 24.0 Å². The van der Waals surface area contributed by atoms with Crippen LogP contribution in [0.2, 0.25) is 0 Å². The van der Waals surface area contributed by atoms with Gasteiger partial charge >= 0.3 is 0 Å². The van der Waals surface area contributed by atoms with E-state index in [2.05, 4.69) is 4.72 Å². The lowest BCUT2D eigenvalue weighted by Crippen LogP contribution is -2.38. The molecule has 148 valence electrons. The topological polar surface area (TPSA) is 92.8 Å². The van der Waals surface area contributed by atoms with Crippen LogP contribution in [0.4, 0.5) is 0 Å². The number of carbonyl (C=O) groups excluding carboxylic acids is 2. The highest BCUT2D eigenvalue weighted by Gasteiger charge is 2.35. The lowest BCUT2D eigenvalue weighted by molar-refractivity contribution is 0.0664. The number of ether oxygens (including phenoxy) is 1. The monoisotopic (exact) mass is 402 g/mol. The number of nitrogens with one attached hydrogen (secondary N) is 1. The van der Waals surface area contributed by atoms with Crippen molar-refractivity contribution >= 4 is 21.8 Å². The molecule has 0 aromatic heterocycles. The standard InChI is InChI=1S/C20H22N2O5S/c1-14-3-8-17-18(13-14)20(24)22(19(17)23)11-12-28(25,26)21-10-9-15-4-6-16(27-2)7-5-15/h3-8,13,21H,9-12H2,1-2H3. The van der Waals surface area contributed by atoms with E-state index >= 15 is 0 Å². The zero-order valence-electron chi connectivity index (χ0n) is 15.8. The predicted molar refractivity (Wildman–Crippen MR) is 105 cm³/mol. The molecule has 0 spiro atoms. The Morgan fingerprint density at radius 1 is 1.00 bits per heavy atom. The molecule has 1 heterocycles. The van der Waals surface area contributed by atoms with E-state index in [4.69, 9.17) is 4.74 Å². The van der Waals surface area contributed by atoms with Crippen LogP contribution in [-0.2, 0) is 16.4 Å². The fourth-order valence-electron chi connectivity index (χ4n) is 3.03. The van der Waals surface area contributed by atoms with E-state index in [1.165, 1.54) is 0 Å². The summed E-state index contributed by atoms with van der Waals surface area (Å²) in [7, 11) is -2.03. The molecule has 8 heteroatoms. The molecule has 0 aliphatic carbocycles. The Kier molecular flexibility index (Phi) is 5.81. The molecule has 0 fully saturated rings. The first-order chi connectivity index (χ1) is 13.3. The van der Waals surface area contributed by atoms with Crippen molar-refractivity contribution in [1.29, 1.82) is 0 Å². The van der Waals surface area contributed by atoms with Gasteiger partial charge in [-0.2, -0.15) is 0 Å². The van der Waals surface area contributed by atoms with Crippen LogP contribution in [0.1, 0.15) is 31.8 Å². The van der Waals surface area contributed by atoms with Crippen LogP contribution in [0, 0.1) is 6.92 Å². The van der Waals surface area contributed by atoms with Gasteiger partial charge in [0.2, 0.25) is 10.0 Å². The molecule has 3 rings (SSSR count). The van der Waals surface area contributed by atoms with Crippen LogP contribution in [0.25, 0.3) is 0 Å². The van der Waals surface area contributed by atoms with Gasteiger partial charge in [0.15, 0.2) is 0 Å². The van der Waals surface area contributed by atoms with Crippen molar-refractivity contribution < 1.29 is 22.7 Å². The maximum absolute atomic E-state index is 12.4. The molecule has 0 atom stereocenters. The van der Waals surface area contributed by atoms with Gasteiger partial charge in [-0.05, 0) is 43.2 Å². The number of sulfonamides is 1. The summed E-state index contributed by atoms with van der Waals surface area (Å²) in [6.45, 7) is 1.89. The molecule has 0 unspecified atom stereocenters. The average molecular weight is 402 g/mol. The molecule has 2 amide bonds. The third-order valence-corrected chi connectivity index (χ3v) is 5.97. The van der Waals surface area contributed by atoms with Crippen LogP contribution in [0.15, 0.2) is 42.5 Å². The van der Waals surface area contributed by atoms with Gasteiger partial charge in [-0.15, -0.1) is 0 Å². The first-order valence-corrected chi connectivity index (χ1v) is 10.5. The fourth-order valence-corrected chi connectivity index (χ4v) is 4.01. The van der Waals surface area contributed by atoms with Gasteiger partial charge in [0.1, 0.15) is 5.75 Å². The van der Waals surface area contributed by atoms with Crippen LogP contribution in [-0.4, -0.2) is 51.1 Å². The molecule has 2 aromatic carbocycles. The summed E-state index contributed by atoms with van der Waals surface area (Å²) >= 11 is 0. The van der Waals surface area contributed by atoms with E-state index in [0.717, 1.165) is 21.8 Å². The van der Waals surface area contributed by atoms with Gasteiger partial charge in [0.25, 0.3) is 11.8 Å². The quantitative estimate of drug-likeness (QED) is 0.679. The minimum absolute atomic E-state index is 0.177. The Morgan fingerprint density at radius 2 is 1.68 bits per heavy atom. The van der Waals surface area contributed by atoms with Crippen LogP contribution < -0.4 is 9.46 Å². The van der Waals surface area contributed by atoms with E-state index < -0.39 is 21.8 Å². The number of rotatable bonds is 8. The lowest BCUT2D eigenvalue weighted by Gasteiger charge is -2.14. The molecule has 0 radical (unpaired) electrons. The number of imide groups is 1. The fraction of sp³-hybridized carbons (Fsp3) is 0.300. The zero-order valence-corrected chi connectivity index (χ0v) is 16.6. The second-order valence-corrected chi connectivity index (χ2v) is 8.55. The van der Waals surface area contributed by atoms with Crippen molar-refractivity contribution in [2.24, 2.45) is 0 Å². The smallest absolute Gasteiger partial charge is 0.261 e. The van der Waals surface area contributed by atoms with Gasteiger partial charge in [-0.25, -0.2) is 13.1 Å². The number of benzene rings is 2. The number of methoxy groups -OCH3 is 1. The first-order valence-electron chi connectivity index (χ1n) is 8.88. The number of fused-ring (bicyclic) bond motifs is 1. The van der Waals surface area contributed by atoms with Crippen LogP contribution in [0.3, 0.4) is 0 Å². The van der Waals surface area contributed by atoms with Crippen LogP contribution >= 0.6 is 0 Å². The number of aryl methyl sites for hydroxylation is 1. The van der Waals surface area contributed by atoms with Crippen molar-refractivity contribution in [3.05, 3.63) is 64.7 Å². The molecular weight excluding hydrogens is 380 g/mol. The minimum atomic E-state index is -3.62. The van der Waals surface area contributed by atoms with E-state index in [1.807, 2.05) is 31.2 Å². The number of hydrogen-bond acceptors (Lipinski definition) is 5. The second kappa shape index (κ2) is 8.12. The Bertz CT molecular complexity index is 1000. The highest BCUT2D eigenvalue weighted by molar-refractivity contribution is 7.89. The van der Waals surface area contributed by atoms with Crippen molar-refractivity contribution in [1.82, 2.24) is 9.62 Å². The van der Waals surface area contributed by atoms with E-state index in [0.29, 0.717) is 17.5 Å². The molecule has 28 heavy (non-hydrogen) atoms. The summed E-state index contributed by atoms with van der Waals surface area (Å²) in [4.78, 5) is 25.8. The van der Waals surface area contributed by atoms with E-state index in [9.17, 15) is 18.0 Å². The summed E-state index contributed by atoms with van der Waals surface area (Å²) in [6, 6.07) is 12.4. The number of nitrogens with zero attached hydrogens (tertiary/aromatic N) is 1. The van der Waals surface area contributed by atoms with Crippen molar-refractivity contribution in [3.63, 3.8) is 0 Å². The highest BCUT2D eigenvalue weighted by atomic mass is 32.2. The van der Waals surface area contributed by atoms with Crippen molar-refractivity contribution in [2.45, 2.75) is 13.3 Å². The van der Waals surface area contributed by atoms with Gasteiger partial charge < -0.3 is 4.74 Å². The molecule has 0 saturated carbocycles. The first kappa shape index (κ1) is 20.0. The molecule has 0 bridgehead atoms. The molecule has 1 N–H and O–H groups in total. The third-order valence-electron chi connectivity index (χ3n) is 4.60. The predicted octanol–water partition coefficient (Wildman–Crippen LogP) is 1.76. The van der Waals surface area contributed by atoms with Crippen molar-refractivity contribution in [2.75, 3.05) is 26.0 Å². The van der Waals surface area contributed by atoms with Crippen LogP contribution in [0.5, 0.6) is 5.75 Å². The maximum Gasteiger partial charge on any atom is 0.261 e. The molecule has 1 aliphatic heterocycles. The summed E-state index contributed by atoms with van der Waals surface area (Å²) in [5.41, 5.74) is 2.49. The molecular formula is C20H22N2O5S. The summed E-state index contributed by atoms with van der Waals surface area (Å²) < 4.78 is 32.1. The van der Waals surface area contributed by atoms with E-state index in [-0.39, 0.29) is 18.8 Å². The minimum Gasteiger partial charge on any atom is -0.497 e. The average Bonchev–Trinajstić information content (AvgIpc) is 2.90. The molecule has 1 aliphatic rings. The summed E-state index contributed by atoms with van der Waals surface area (Å²) in [5, 5.41) is 0. The number of carbonyl (C=O) groups is 2. The SMILES string of the molecule is COc1ccc(CCNS(=O)(=O)CCN2C(=O)c3ccc(C)cc3C2=O)cc1. The molecule has 2 aromatic rings. The summed E-state index contributed by atoms with van der Waals surface area (Å²) in [6.07, 6.45) is 0.523. The van der Waals surface area contributed by atoms with E-state index in [1.54, 1.807) is 25.3 Å². The van der Waals surface area contributed by atoms with Gasteiger partial charge in [-0.3, -0.25) is 14.5 Å². The number of hydrogen-bond donors (Lipinski definition) is 1. The second-order valence-electron chi connectivity index (χ2n) is 6.62. The largest absolute Gasteiger partial charge is 0.497 e. The highest BCUT2D eigenvalue weighted by Crippen LogP contribution is 2.23. The van der Waals surface area contributed by atoms with Crippen molar-refractivity contribution in [3.8, 4) is 5.75 Å². The van der Waals surface area contributed by atoms with Gasteiger partial charge in [-0.1, -0.05) is 23.8 Å². The lowest BCUT2D eigenvalue weighted by atomic mass is 10.1. The Morgan fingerprint density at radius 3 is 2.36 bits per heavy atom. The Hall–Kier alpha value is -2.71. The summed E-state index contributed by atoms with van der Waals surface area (Å²) in [5.74, 6) is -0.494. The number of amides is 2. The van der Waals surface area contributed by atoms with Gasteiger partial charge in [0, 0.05) is 13.1 Å². The molecule has 7 nitrogen and oxygen atoms in total. The zero-order chi connectivity index (χ0) is 20.3. The molecule has 0 saturated heterocycles. The Balaban J connectivity index is 1.53. The third kappa shape index (κ3) is 4.40. The Labute approximate surface area is 164 Å².